The van der Waals surface area contributed by atoms with Gasteiger partial charge in [-0.1, -0.05) is 28.1 Å². The van der Waals surface area contributed by atoms with E-state index in [9.17, 15) is 0 Å². The van der Waals surface area contributed by atoms with Crippen molar-refractivity contribution in [1.29, 1.82) is 0 Å². The minimum atomic E-state index is 0.696. The van der Waals surface area contributed by atoms with E-state index < -0.39 is 0 Å². The molecule has 0 aliphatic heterocycles. The molecule has 2 aromatic rings. The van der Waals surface area contributed by atoms with Crippen molar-refractivity contribution >= 4 is 21.6 Å². The Hall–Kier alpha value is -1.48. The molecule has 3 heteroatoms. The molecule has 0 aliphatic rings. The van der Waals surface area contributed by atoms with Gasteiger partial charge in [0.15, 0.2) is 0 Å². The van der Waals surface area contributed by atoms with Crippen LogP contribution in [0.5, 0.6) is 5.75 Å². The zero-order valence-corrected chi connectivity index (χ0v) is 12.8. The van der Waals surface area contributed by atoms with Crippen molar-refractivity contribution in [3.63, 3.8) is 0 Å². The Morgan fingerprint density at radius 2 is 2.00 bits per heavy atom. The van der Waals surface area contributed by atoms with Crippen LogP contribution in [0.3, 0.4) is 0 Å². The number of hydrogen-bond donors (Lipinski definition) is 1. The standard InChI is InChI=1S/C16H18BrNO/c1-3-19-16-6-4-5-13(9-16)11-18-15-8-12(2)7-14(17)10-15/h4-10,18H,3,11H2,1-2H3. The number of benzene rings is 2. The molecular weight excluding hydrogens is 302 g/mol. The first-order chi connectivity index (χ1) is 9.17. The smallest absolute Gasteiger partial charge is 0.119 e. The molecule has 0 fully saturated rings. The van der Waals surface area contributed by atoms with Crippen LogP contribution >= 0.6 is 15.9 Å². The van der Waals surface area contributed by atoms with E-state index in [0.29, 0.717) is 6.61 Å². The highest BCUT2D eigenvalue weighted by atomic mass is 79.9. The van der Waals surface area contributed by atoms with Crippen molar-refractivity contribution in [2.45, 2.75) is 20.4 Å². The van der Waals surface area contributed by atoms with Gasteiger partial charge in [0, 0.05) is 16.7 Å². The molecule has 2 aromatic carbocycles. The maximum atomic E-state index is 5.50. The molecular formula is C16H18BrNO. The molecule has 0 spiro atoms. The molecule has 0 atom stereocenters. The SMILES string of the molecule is CCOc1cccc(CNc2cc(C)cc(Br)c2)c1. The highest BCUT2D eigenvalue weighted by Gasteiger charge is 1.99. The van der Waals surface area contributed by atoms with Gasteiger partial charge in [-0.2, -0.15) is 0 Å². The Bertz CT molecular complexity index is 534. The van der Waals surface area contributed by atoms with Gasteiger partial charge < -0.3 is 10.1 Å². The van der Waals surface area contributed by atoms with Crippen LogP contribution in [0.2, 0.25) is 0 Å². The van der Waals surface area contributed by atoms with Gasteiger partial charge in [0.2, 0.25) is 0 Å². The fraction of sp³-hybridized carbons (Fsp3) is 0.250. The van der Waals surface area contributed by atoms with E-state index in [1.54, 1.807) is 0 Å². The number of hydrogen-bond acceptors (Lipinski definition) is 2. The highest BCUT2D eigenvalue weighted by molar-refractivity contribution is 9.10. The van der Waals surface area contributed by atoms with E-state index in [-0.39, 0.29) is 0 Å². The lowest BCUT2D eigenvalue weighted by atomic mass is 10.2. The molecule has 0 saturated heterocycles. The Kier molecular flexibility index (Phi) is 4.86. The lowest BCUT2D eigenvalue weighted by Crippen LogP contribution is -2.00. The number of rotatable bonds is 5. The average Bonchev–Trinajstić information content (AvgIpc) is 2.36. The van der Waals surface area contributed by atoms with Crippen LogP contribution in [-0.2, 0) is 6.54 Å². The van der Waals surface area contributed by atoms with E-state index in [1.807, 2.05) is 19.1 Å². The summed E-state index contributed by atoms with van der Waals surface area (Å²) in [7, 11) is 0. The minimum absolute atomic E-state index is 0.696. The Morgan fingerprint density at radius 3 is 2.74 bits per heavy atom. The third-order valence-electron chi connectivity index (χ3n) is 2.75. The number of nitrogens with one attached hydrogen (secondary N) is 1. The zero-order valence-electron chi connectivity index (χ0n) is 11.2. The van der Waals surface area contributed by atoms with Crippen LogP contribution in [-0.4, -0.2) is 6.61 Å². The van der Waals surface area contributed by atoms with Gasteiger partial charge in [-0.3, -0.25) is 0 Å². The summed E-state index contributed by atoms with van der Waals surface area (Å²) in [6.45, 7) is 5.57. The number of anilines is 1. The first-order valence-electron chi connectivity index (χ1n) is 6.40. The maximum absolute atomic E-state index is 5.50. The summed E-state index contributed by atoms with van der Waals surface area (Å²) in [5.74, 6) is 0.923. The third kappa shape index (κ3) is 4.28. The first-order valence-corrected chi connectivity index (χ1v) is 7.19. The number of halogens is 1. The van der Waals surface area contributed by atoms with Crippen molar-refractivity contribution in [2.75, 3.05) is 11.9 Å². The monoisotopic (exact) mass is 319 g/mol. The van der Waals surface area contributed by atoms with Crippen molar-refractivity contribution in [2.24, 2.45) is 0 Å². The molecule has 1 N–H and O–H groups in total. The molecule has 19 heavy (non-hydrogen) atoms. The van der Waals surface area contributed by atoms with E-state index in [1.165, 1.54) is 11.1 Å². The molecule has 100 valence electrons. The molecule has 0 radical (unpaired) electrons. The summed E-state index contributed by atoms with van der Waals surface area (Å²) < 4.78 is 6.60. The summed E-state index contributed by atoms with van der Waals surface area (Å²) in [6.07, 6.45) is 0. The van der Waals surface area contributed by atoms with Gasteiger partial charge in [-0.05, 0) is 55.3 Å². The largest absolute Gasteiger partial charge is 0.494 e. The fourth-order valence-electron chi connectivity index (χ4n) is 1.95. The fourth-order valence-corrected chi connectivity index (χ4v) is 2.56. The summed E-state index contributed by atoms with van der Waals surface area (Å²) >= 11 is 3.51. The maximum Gasteiger partial charge on any atom is 0.119 e. The van der Waals surface area contributed by atoms with Crippen LogP contribution < -0.4 is 10.1 Å². The predicted molar refractivity (Wildman–Crippen MR) is 83.8 cm³/mol. The van der Waals surface area contributed by atoms with Crippen molar-refractivity contribution in [1.82, 2.24) is 0 Å². The van der Waals surface area contributed by atoms with Gasteiger partial charge >= 0.3 is 0 Å². The Balaban J connectivity index is 2.03. The third-order valence-corrected chi connectivity index (χ3v) is 3.21. The average molecular weight is 320 g/mol. The van der Waals surface area contributed by atoms with E-state index >= 15 is 0 Å². The molecule has 0 bridgehead atoms. The Morgan fingerprint density at radius 1 is 1.16 bits per heavy atom. The topological polar surface area (TPSA) is 21.3 Å². The van der Waals surface area contributed by atoms with Gasteiger partial charge in [0.25, 0.3) is 0 Å². The lowest BCUT2D eigenvalue weighted by Gasteiger charge is -2.10. The summed E-state index contributed by atoms with van der Waals surface area (Å²) in [6, 6.07) is 14.5. The van der Waals surface area contributed by atoms with Crippen molar-refractivity contribution < 1.29 is 4.74 Å². The second-order valence-corrected chi connectivity index (χ2v) is 5.37. The molecule has 2 rings (SSSR count). The zero-order chi connectivity index (χ0) is 13.7. The molecule has 0 aromatic heterocycles. The number of aryl methyl sites for hydroxylation is 1. The van der Waals surface area contributed by atoms with E-state index in [2.05, 4.69) is 58.5 Å². The first kappa shape index (κ1) is 13.9. The lowest BCUT2D eigenvalue weighted by molar-refractivity contribution is 0.340. The Labute approximate surface area is 122 Å². The molecule has 2 nitrogen and oxygen atoms in total. The van der Waals surface area contributed by atoms with E-state index in [4.69, 9.17) is 4.74 Å². The minimum Gasteiger partial charge on any atom is -0.494 e. The van der Waals surface area contributed by atoms with Crippen LogP contribution in [0, 0.1) is 6.92 Å². The quantitative estimate of drug-likeness (QED) is 0.857. The van der Waals surface area contributed by atoms with Crippen LogP contribution in [0.4, 0.5) is 5.69 Å². The van der Waals surface area contributed by atoms with Gasteiger partial charge in [-0.15, -0.1) is 0 Å². The summed E-state index contributed by atoms with van der Waals surface area (Å²) in [5, 5.41) is 3.43. The second kappa shape index (κ2) is 6.62. The highest BCUT2D eigenvalue weighted by Crippen LogP contribution is 2.20. The van der Waals surface area contributed by atoms with E-state index in [0.717, 1.165) is 22.5 Å². The normalized spacial score (nSPS) is 10.3. The molecule has 0 saturated carbocycles. The predicted octanol–water partition coefficient (Wildman–Crippen LogP) is 4.77. The van der Waals surface area contributed by atoms with Gasteiger partial charge in [0.05, 0.1) is 6.61 Å². The van der Waals surface area contributed by atoms with Crippen LogP contribution in [0.15, 0.2) is 46.9 Å². The molecule has 0 heterocycles. The van der Waals surface area contributed by atoms with Crippen LogP contribution in [0.1, 0.15) is 18.1 Å². The van der Waals surface area contributed by atoms with Gasteiger partial charge in [0.1, 0.15) is 5.75 Å². The van der Waals surface area contributed by atoms with Gasteiger partial charge in [-0.25, -0.2) is 0 Å². The second-order valence-electron chi connectivity index (χ2n) is 4.45. The summed E-state index contributed by atoms with van der Waals surface area (Å²) in [4.78, 5) is 0. The molecule has 0 amide bonds. The van der Waals surface area contributed by atoms with Crippen molar-refractivity contribution in [3.05, 3.63) is 58.1 Å². The number of ether oxygens (including phenoxy) is 1. The summed E-state index contributed by atoms with van der Waals surface area (Å²) in [5.41, 5.74) is 3.57. The van der Waals surface area contributed by atoms with Crippen molar-refractivity contribution in [3.8, 4) is 5.75 Å². The molecule has 0 unspecified atom stereocenters. The van der Waals surface area contributed by atoms with Crippen LogP contribution in [0.25, 0.3) is 0 Å². The molecule has 0 aliphatic carbocycles.